The second-order valence-corrected chi connectivity index (χ2v) is 7.75. The first-order chi connectivity index (χ1) is 11.9. The maximum absolute atomic E-state index is 5.82. The van der Waals surface area contributed by atoms with Crippen molar-refractivity contribution in [3.8, 4) is 25.9 Å². The molecule has 0 radical (unpaired) electrons. The third-order valence-corrected chi connectivity index (χ3v) is 6.08. The van der Waals surface area contributed by atoms with Gasteiger partial charge < -0.3 is 10.5 Å². The van der Waals surface area contributed by atoms with Crippen molar-refractivity contribution < 1.29 is 4.74 Å². The summed E-state index contributed by atoms with van der Waals surface area (Å²) >= 11 is 3.62. The van der Waals surface area contributed by atoms with Gasteiger partial charge in [0.15, 0.2) is 0 Å². The van der Waals surface area contributed by atoms with E-state index >= 15 is 0 Å². The molecule has 0 aliphatic carbocycles. The van der Waals surface area contributed by atoms with Crippen molar-refractivity contribution in [1.82, 2.24) is 0 Å². The van der Waals surface area contributed by atoms with Crippen LogP contribution in [0.4, 0.5) is 0 Å². The van der Waals surface area contributed by atoms with E-state index in [1.165, 1.54) is 33.0 Å². The number of ether oxygens (including phenoxy) is 1. The molecule has 24 heavy (non-hydrogen) atoms. The van der Waals surface area contributed by atoms with Crippen LogP contribution in [0.25, 0.3) is 20.2 Å². The Kier molecular flexibility index (Phi) is 6.47. The zero-order valence-electron chi connectivity index (χ0n) is 13.7. The lowest BCUT2D eigenvalue weighted by atomic mass is 10.2. The molecule has 2 N–H and O–H groups in total. The highest BCUT2D eigenvalue weighted by atomic mass is 32.1. The maximum atomic E-state index is 5.82. The molecule has 0 saturated carbocycles. The Bertz CT molecular complexity index is 716. The predicted molar refractivity (Wildman–Crippen MR) is 106 cm³/mol. The molecule has 0 atom stereocenters. The van der Waals surface area contributed by atoms with Crippen LogP contribution in [0.2, 0.25) is 0 Å². The average Bonchev–Trinajstić information content (AvgIpc) is 3.29. The SMILES string of the molecule is NCCCCCCOc1ccc(-c2ccc(-c3cccs3)s2)cc1. The molecule has 0 fully saturated rings. The van der Waals surface area contributed by atoms with Crippen molar-refractivity contribution in [2.24, 2.45) is 5.73 Å². The second kappa shape index (κ2) is 9.02. The second-order valence-electron chi connectivity index (χ2n) is 5.72. The molecular formula is C20H23NOS2. The quantitative estimate of drug-likeness (QED) is 0.474. The van der Waals surface area contributed by atoms with Crippen molar-refractivity contribution in [1.29, 1.82) is 0 Å². The fraction of sp³-hybridized carbons (Fsp3) is 0.300. The molecule has 2 heterocycles. The topological polar surface area (TPSA) is 35.2 Å². The Hall–Kier alpha value is -1.62. The molecule has 0 aliphatic heterocycles. The molecule has 3 rings (SSSR count). The maximum Gasteiger partial charge on any atom is 0.119 e. The molecule has 2 aromatic heterocycles. The third-order valence-electron chi connectivity index (χ3n) is 3.88. The standard InChI is InChI=1S/C20H23NOS2/c21-13-3-1-2-4-14-22-17-9-7-16(8-10-17)18-11-12-20(24-18)19-6-5-15-23-19/h5-12,15H,1-4,13-14,21H2. The normalized spacial score (nSPS) is 10.9. The molecule has 0 amide bonds. The lowest BCUT2D eigenvalue weighted by Gasteiger charge is -2.06. The van der Waals surface area contributed by atoms with E-state index in [1.807, 2.05) is 11.3 Å². The molecule has 4 heteroatoms. The van der Waals surface area contributed by atoms with E-state index in [0.29, 0.717) is 0 Å². The van der Waals surface area contributed by atoms with Gasteiger partial charge in [-0.15, -0.1) is 22.7 Å². The van der Waals surface area contributed by atoms with E-state index in [-0.39, 0.29) is 0 Å². The average molecular weight is 358 g/mol. The van der Waals surface area contributed by atoms with Gasteiger partial charge in [-0.25, -0.2) is 0 Å². The minimum atomic E-state index is 0.783. The fourth-order valence-corrected chi connectivity index (χ4v) is 4.40. The Labute approximate surface area is 151 Å². The van der Waals surface area contributed by atoms with Gasteiger partial charge in [0.2, 0.25) is 0 Å². The Morgan fingerprint density at radius 3 is 2.33 bits per heavy atom. The number of hydrogen-bond donors (Lipinski definition) is 1. The van der Waals surface area contributed by atoms with Gasteiger partial charge in [0.25, 0.3) is 0 Å². The van der Waals surface area contributed by atoms with Gasteiger partial charge in [-0.2, -0.15) is 0 Å². The summed E-state index contributed by atoms with van der Waals surface area (Å²) in [6, 6.07) is 17.1. The van der Waals surface area contributed by atoms with Crippen LogP contribution in [0.5, 0.6) is 5.75 Å². The van der Waals surface area contributed by atoms with E-state index in [9.17, 15) is 0 Å². The van der Waals surface area contributed by atoms with Crippen LogP contribution in [0, 0.1) is 0 Å². The smallest absolute Gasteiger partial charge is 0.119 e. The van der Waals surface area contributed by atoms with E-state index in [1.54, 1.807) is 11.3 Å². The van der Waals surface area contributed by atoms with Crippen molar-refractivity contribution >= 4 is 22.7 Å². The number of nitrogens with two attached hydrogens (primary N) is 1. The van der Waals surface area contributed by atoms with Crippen LogP contribution in [0.3, 0.4) is 0 Å². The first kappa shape index (κ1) is 17.2. The van der Waals surface area contributed by atoms with Gasteiger partial charge in [0, 0.05) is 14.6 Å². The predicted octanol–water partition coefficient (Wildman–Crippen LogP) is 6.04. The zero-order valence-corrected chi connectivity index (χ0v) is 15.4. The van der Waals surface area contributed by atoms with E-state index in [2.05, 4.69) is 53.9 Å². The lowest BCUT2D eigenvalue weighted by Crippen LogP contribution is -2.00. The van der Waals surface area contributed by atoms with Crippen LogP contribution in [-0.2, 0) is 0 Å². The zero-order chi connectivity index (χ0) is 16.6. The lowest BCUT2D eigenvalue weighted by molar-refractivity contribution is 0.305. The summed E-state index contributed by atoms with van der Waals surface area (Å²) < 4.78 is 5.82. The first-order valence-electron chi connectivity index (χ1n) is 8.44. The van der Waals surface area contributed by atoms with E-state index < -0.39 is 0 Å². The summed E-state index contributed by atoms with van der Waals surface area (Å²) in [7, 11) is 0. The molecule has 0 saturated heterocycles. The van der Waals surface area contributed by atoms with Crippen molar-refractivity contribution in [3.63, 3.8) is 0 Å². The summed E-state index contributed by atoms with van der Waals surface area (Å²) in [5.74, 6) is 0.951. The van der Waals surface area contributed by atoms with Gasteiger partial charge in [-0.1, -0.05) is 18.9 Å². The molecule has 2 nitrogen and oxygen atoms in total. The van der Waals surface area contributed by atoms with Gasteiger partial charge in [-0.3, -0.25) is 0 Å². The Morgan fingerprint density at radius 1 is 0.792 bits per heavy atom. The molecule has 0 unspecified atom stereocenters. The Balaban J connectivity index is 1.53. The summed E-state index contributed by atoms with van der Waals surface area (Å²) in [5, 5.41) is 2.12. The number of hydrogen-bond acceptors (Lipinski definition) is 4. The molecule has 1 aromatic carbocycles. The van der Waals surface area contributed by atoms with E-state index in [4.69, 9.17) is 10.5 Å². The van der Waals surface area contributed by atoms with Crippen LogP contribution in [0.1, 0.15) is 25.7 Å². The molecular weight excluding hydrogens is 334 g/mol. The molecule has 0 bridgehead atoms. The monoisotopic (exact) mass is 357 g/mol. The summed E-state index contributed by atoms with van der Waals surface area (Å²) in [4.78, 5) is 3.96. The van der Waals surface area contributed by atoms with Crippen LogP contribution in [-0.4, -0.2) is 13.2 Å². The van der Waals surface area contributed by atoms with Gasteiger partial charge in [0.1, 0.15) is 5.75 Å². The van der Waals surface area contributed by atoms with Crippen LogP contribution in [0.15, 0.2) is 53.9 Å². The van der Waals surface area contributed by atoms with Gasteiger partial charge >= 0.3 is 0 Å². The van der Waals surface area contributed by atoms with E-state index in [0.717, 1.165) is 31.7 Å². The minimum absolute atomic E-state index is 0.783. The van der Waals surface area contributed by atoms with Crippen molar-refractivity contribution in [3.05, 3.63) is 53.9 Å². The highest BCUT2D eigenvalue weighted by Gasteiger charge is 2.06. The number of thiophene rings is 2. The molecule has 126 valence electrons. The third kappa shape index (κ3) is 4.69. The number of unbranched alkanes of at least 4 members (excludes halogenated alkanes) is 3. The van der Waals surface area contributed by atoms with Gasteiger partial charge in [0.05, 0.1) is 6.61 Å². The summed E-state index contributed by atoms with van der Waals surface area (Å²) in [5.41, 5.74) is 6.74. The highest BCUT2D eigenvalue weighted by Crippen LogP contribution is 2.36. The highest BCUT2D eigenvalue weighted by molar-refractivity contribution is 7.23. The Morgan fingerprint density at radius 2 is 1.58 bits per heavy atom. The minimum Gasteiger partial charge on any atom is -0.494 e. The van der Waals surface area contributed by atoms with Crippen LogP contribution < -0.4 is 10.5 Å². The summed E-state index contributed by atoms with van der Waals surface area (Å²) in [6.07, 6.45) is 4.60. The number of rotatable bonds is 9. The molecule has 0 aliphatic rings. The fourth-order valence-electron chi connectivity index (χ4n) is 2.55. The molecule has 0 spiro atoms. The van der Waals surface area contributed by atoms with Crippen LogP contribution >= 0.6 is 22.7 Å². The van der Waals surface area contributed by atoms with Crippen molar-refractivity contribution in [2.75, 3.05) is 13.2 Å². The largest absolute Gasteiger partial charge is 0.494 e. The van der Waals surface area contributed by atoms with Crippen molar-refractivity contribution in [2.45, 2.75) is 25.7 Å². The van der Waals surface area contributed by atoms with Gasteiger partial charge in [-0.05, 0) is 72.8 Å². The summed E-state index contributed by atoms with van der Waals surface area (Å²) in [6.45, 7) is 1.57. The first-order valence-corrected chi connectivity index (χ1v) is 10.1. The number of benzene rings is 1. The molecule has 3 aromatic rings.